The SMILES string of the molecule is CCOC(=O)[C@@H]1C[C@H]2C[C@@H](CC3CC(F)(F)C[C@H]3C(=O)OCC)CC[C@H]2CN1. The topological polar surface area (TPSA) is 64.6 Å². The Hall–Kier alpha value is -1.24. The van der Waals surface area contributed by atoms with Crippen molar-refractivity contribution in [1.82, 2.24) is 5.32 Å². The fourth-order valence-electron chi connectivity index (χ4n) is 5.60. The Bertz CT molecular complexity index is 571. The molecule has 0 radical (unpaired) electrons. The summed E-state index contributed by atoms with van der Waals surface area (Å²) in [5, 5.41) is 3.30. The third-order valence-corrected chi connectivity index (χ3v) is 6.86. The minimum atomic E-state index is -2.77. The number of esters is 2. The van der Waals surface area contributed by atoms with Crippen LogP contribution < -0.4 is 5.32 Å². The quantitative estimate of drug-likeness (QED) is 0.690. The molecule has 2 aliphatic carbocycles. The van der Waals surface area contributed by atoms with E-state index in [1.54, 1.807) is 13.8 Å². The Balaban J connectivity index is 1.59. The van der Waals surface area contributed by atoms with Gasteiger partial charge < -0.3 is 14.8 Å². The monoisotopic (exact) mass is 401 g/mol. The van der Waals surface area contributed by atoms with E-state index in [0.29, 0.717) is 30.8 Å². The van der Waals surface area contributed by atoms with Crippen LogP contribution >= 0.6 is 0 Å². The standard InChI is InChI=1S/C21H33F2NO4/c1-3-27-19(25)17-11-21(22,23)10-16(17)8-13-5-6-14-12-24-18(9-15(14)7-13)20(26)28-4-2/h13-18,24H,3-12H2,1-2H3/t13-,14-,15+,16?,17+,18-/m0/s1. The van der Waals surface area contributed by atoms with Crippen molar-refractivity contribution in [3.05, 3.63) is 0 Å². The van der Waals surface area contributed by atoms with Crippen LogP contribution in [0.2, 0.25) is 0 Å². The summed E-state index contributed by atoms with van der Waals surface area (Å²) in [6, 6.07) is -0.261. The molecule has 28 heavy (non-hydrogen) atoms. The first-order chi connectivity index (χ1) is 13.3. The van der Waals surface area contributed by atoms with Gasteiger partial charge in [-0.2, -0.15) is 0 Å². The van der Waals surface area contributed by atoms with Gasteiger partial charge in [-0.1, -0.05) is 6.42 Å². The Morgan fingerprint density at radius 2 is 1.71 bits per heavy atom. The van der Waals surface area contributed by atoms with Crippen LogP contribution in [0, 0.1) is 29.6 Å². The summed E-state index contributed by atoms with van der Waals surface area (Å²) in [6.07, 6.45) is 3.80. The second kappa shape index (κ2) is 9.06. The van der Waals surface area contributed by atoms with E-state index >= 15 is 0 Å². The lowest BCUT2D eigenvalue weighted by atomic mass is 9.67. The van der Waals surface area contributed by atoms with Crippen LogP contribution in [-0.2, 0) is 19.1 Å². The van der Waals surface area contributed by atoms with E-state index < -0.39 is 17.8 Å². The molecule has 1 heterocycles. The highest BCUT2D eigenvalue weighted by Gasteiger charge is 2.50. The molecule has 1 N–H and O–H groups in total. The van der Waals surface area contributed by atoms with Gasteiger partial charge in [0, 0.05) is 12.8 Å². The summed E-state index contributed by atoms with van der Waals surface area (Å²) in [4.78, 5) is 24.2. The maximum Gasteiger partial charge on any atom is 0.323 e. The van der Waals surface area contributed by atoms with Gasteiger partial charge in [0.1, 0.15) is 6.04 Å². The molecule has 1 aliphatic heterocycles. The average Bonchev–Trinajstić information content (AvgIpc) is 2.96. The molecule has 6 atom stereocenters. The molecule has 0 spiro atoms. The number of carbonyl (C=O) groups excluding carboxylic acids is 2. The van der Waals surface area contributed by atoms with Gasteiger partial charge in [0.25, 0.3) is 0 Å². The van der Waals surface area contributed by atoms with E-state index in [1.165, 1.54) is 0 Å². The van der Waals surface area contributed by atoms with E-state index in [-0.39, 0.29) is 37.4 Å². The smallest absolute Gasteiger partial charge is 0.323 e. The minimum absolute atomic E-state index is 0.194. The van der Waals surface area contributed by atoms with Gasteiger partial charge >= 0.3 is 11.9 Å². The Labute approximate surface area is 165 Å². The second-order valence-corrected chi connectivity index (χ2v) is 8.77. The molecule has 3 rings (SSSR count). The van der Waals surface area contributed by atoms with Crippen LogP contribution in [0.5, 0.6) is 0 Å². The van der Waals surface area contributed by atoms with E-state index in [2.05, 4.69) is 5.32 Å². The Morgan fingerprint density at radius 3 is 2.43 bits per heavy atom. The molecule has 0 bridgehead atoms. The molecule has 0 amide bonds. The van der Waals surface area contributed by atoms with E-state index in [9.17, 15) is 18.4 Å². The molecule has 0 aromatic rings. The summed E-state index contributed by atoms with van der Waals surface area (Å²) in [5.74, 6) is -3.15. The number of rotatable bonds is 6. The summed E-state index contributed by atoms with van der Waals surface area (Å²) in [5.41, 5.74) is 0. The van der Waals surface area contributed by atoms with Crippen LogP contribution in [0.4, 0.5) is 8.78 Å². The lowest BCUT2D eigenvalue weighted by Gasteiger charge is -2.42. The van der Waals surface area contributed by atoms with Crippen LogP contribution in [-0.4, -0.2) is 43.7 Å². The minimum Gasteiger partial charge on any atom is -0.466 e. The molecular formula is C21H33F2NO4. The van der Waals surface area contributed by atoms with Crippen molar-refractivity contribution in [3.8, 4) is 0 Å². The maximum atomic E-state index is 14.0. The number of hydrogen-bond donors (Lipinski definition) is 1. The van der Waals surface area contributed by atoms with E-state index in [1.807, 2.05) is 0 Å². The van der Waals surface area contributed by atoms with Crippen molar-refractivity contribution in [1.29, 1.82) is 0 Å². The maximum absolute atomic E-state index is 14.0. The molecule has 1 unspecified atom stereocenters. The molecule has 1 saturated heterocycles. The number of hydrogen-bond acceptors (Lipinski definition) is 5. The normalized spacial score (nSPS) is 37.1. The average molecular weight is 401 g/mol. The van der Waals surface area contributed by atoms with Gasteiger partial charge in [0.2, 0.25) is 5.92 Å². The molecule has 7 heteroatoms. The number of carbonyl (C=O) groups is 2. The highest BCUT2D eigenvalue weighted by molar-refractivity contribution is 5.76. The number of fused-ring (bicyclic) bond motifs is 1. The number of ether oxygens (including phenoxy) is 2. The Kier molecular flexibility index (Phi) is 6.94. The van der Waals surface area contributed by atoms with Crippen molar-refractivity contribution >= 4 is 11.9 Å². The van der Waals surface area contributed by atoms with Crippen molar-refractivity contribution in [2.24, 2.45) is 29.6 Å². The number of alkyl halides is 2. The van der Waals surface area contributed by atoms with Gasteiger partial charge in [-0.05, 0) is 69.7 Å². The van der Waals surface area contributed by atoms with Gasteiger partial charge in [-0.25, -0.2) is 8.78 Å². The predicted molar refractivity (Wildman–Crippen MR) is 99.8 cm³/mol. The summed E-state index contributed by atoms with van der Waals surface area (Å²) < 4.78 is 38.2. The molecule has 5 nitrogen and oxygen atoms in total. The molecule has 3 fully saturated rings. The molecular weight excluding hydrogens is 368 g/mol. The fraction of sp³-hybridized carbons (Fsp3) is 0.905. The molecule has 160 valence electrons. The number of piperidine rings is 1. The van der Waals surface area contributed by atoms with Crippen LogP contribution in [0.25, 0.3) is 0 Å². The zero-order chi connectivity index (χ0) is 20.3. The lowest BCUT2D eigenvalue weighted by Crippen LogP contribution is -2.50. The van der Waals surface area contributed by atoms with Crippen molar-refractivity contribution in [2.45, 2.75) is 70.8 Å². The van der Waals surface area contributed by atoms with Gasteiger partial charge in [-0.15, -0.1) is 0 Å². The highest BCUT2D eigenvalue weighted by Crippen LogP contribution is 2.49. The predicted octanol–water partition coefficient (Wildman–Crippen LogP) is 3.56. The van der Waals surface area contributed by atoms with Crippen LogP contribution in [0.15, 0.2) is 0 Å². The van der Waals surface area contributed by atoms with E-state index in [4.69, 9.17) is 9.47 Å². The van der Waals surface area contributed by atoms with Gasteiger partial charge in [0.15, 0.2) is 0 Å². The fourth-order valence-corrected chi connectivity index (χ4v) is 5.60. The number of halogens is 2. The zero-order valence-corrected chi connectivity index (χ0v) is 16.9. The van der Waals surface area contributed by atoms with Crippen molar-refractivity contribution in [2.75, 3.05) is 19.8 Å². The van der Waals surface area contributed by atoms with Gasteiger partial charge in [0.05, 0.1) is 19.1 Å². The first-order valence-corrected chi connectivity index (χ1v) is 10.8. The molecule has 0 aromatic heterocycles. The summed E-state index contributed by atoms with van der Waals surface area (Å²) in [7, 11) is 0. The third-order valence-electron chi connectivity index (χ3n) is 6.86. The van der Waals surface area contributed by atoms with E-state index in [0.717, 1.165) is 32.2 Å². The lowest BCUT2D eigenvalue weighted by molar-refractivity contribution is -0.150. The molecule has 0 aromatic carbocycles. The first-order valence-electron chi connectivity index (χ1n) is 10.8. The number of nitrogens with one attached hydrogen (secondary N) is 1. The third kappa shape index (κ3) is 5.02. The van der Waals surface area contributed by atoms with Gasteiger partial charge in [-0.3, -0.25) is 9.59 Å². The van der Waals surface area contributed by atoms with Crippen LogP contribution in [0.3, 0.4) is 0 Å². The molecule has 3 aliphatic rings. The first kappa shape index (κ1) is 21.5. The van der Waals surface area contributed by atoms with Crippen molar-refractivity contribution < 1.29 is 27.8 Å². The second-order valence-electron chi connectivity index (χ2n) is 8.77. The zero-order valence-electron chi connectivity index (χ0n) is 16.9. The summed E-state index contributed by atoms with van der Waals surface area (Å²) in [6.45, 7) is 4.92. The largest absolute Gasteiger partial charge is 0.466 e. The highest BCUT2D eigenvalue weighted by atomic mass is 19.3. The van der Waals surface area contributed by atoms with Crippen molar-refractivity contribution in [3.63, 3.8) is 0 Å². The van der Waals surface area contributed by atoms with Crippen LogP contribution in [0.1, 0.15) is 58.8 Å². The molecule has 2 saturated carbocycles. The summed E-state index contributed by atoms with van der Waals surface area (Å²) >= 11 is 0. The Morgan fingerprint density at radius 1 is 1.00 bits per heavy atom.